The van der Waals surface area contributed by atoms with Crippen LogP contribution in [0.3, 0.4) is 0 Å². The largest absolute Gasteiger partial charge is 0.466 e. The molecule has 1 atom stereocenters. The molecular weight excluding hydrogens is 427 g/mol. The van der Waals surface area contributed by atoms with Gasteiger partial charge in [-0.05, 0) is 30.8 Å². The number of rotatable bonds is 3. The average molecular weight is 443 g/mol. The minimum atomic E-state index is -0.875. The molecule has 2 aromatic rings. The highest BCUT2D eigenvalue weighted by Crippen LogP contribution is 2.27. The summed E-state index contributed by atoms with van der Waals surface area (Å²) >= 11 is 11.2. The van der Waals surface area contributed by atoms with Gasteiger partial charge in [0.05, 0.1) is 23.5 Å². The topological polar surface area (TPSA) is 96.8 Å². The summed E-state index contributed by atoms with van der Waals surface area (Å²) in [5, 5.41) is 3.90. The average Bonchev–Trinajstić information content (AvgIpc) is 2.72. The highest BCUT2D eigenvalue weighted by Gasteiger charge is 2.28. The van der Waals surface area contributed by atoms with E-state index in [1.807, 2.05) is 0 Å². The fourth-order valence-corrected chi connectivity index (χ4v) is 3.29. The molecule has 12 heteroatoms. The molecule has 0 saturated heterocycles. The number of methoxy groups -OCH3 is 1. The fraction of sp³-hybridized carbons (Fsp3) is 0.353. The number of esters is 1. The number of hydrogen-bond donors (Lipinski definition) is 0. The lowest BCUT2D eigenvalue weighted by Crippen LogP contribution is -2.44. The Bertz CT molecular complexity index is 1180. The third-order valence-corrected chi connectivity index (χ3v) is 5.38. The molecule has 1 unspecified atom stereocenters. The van der Waals surface area contributed by atoms with Crippen LogP contribution >= 0.6 is 23.8 Å². The van der Waals surface area contributed by atoms with Crippen LogP contribution < -0.4 is 11.4 Å². The highest BCUT2D eigenvalue weighted by atomic mass is 35.5. The summed E-state index contributed by atoms with van der Waals surface area (Å²) in [4.78, 5) is 41.8. The van der Waals surface area contributed by atoms with Crippen molar-refractivity contribution in [1.82, 2.24) is 13.7 Å². The Balaban J connectivity index is 2.16. The quantitative estimate of drug-likeness (QED) is 0.527. The van der Waals surface area contributed by atoms with Gasteiger partial charge in [0.2, 0.25) is 6.10 Å². The number of carbonyl (C=O) groups is 1. The predicted octanol–water partition coefficient (Wildman–Crippen LogP) is 1.45. The van der Waals surface area contributed by atoms with Crippen molar-refractivity contribution in [3.05, 3.63) is 54.3 Å². The predicted molar refractivity (Wildman–Crippen MR) is 105 cm³/mol. The van der Waals surface area contributed by atoms with Crippen molar-refractivity contribution in [2.45, 2.75) is 18.9 Å². The molecule has 0 spiro atoms. The van der Waals surface area contributed by atoms with E-state index in [2.05, 4.69) is 9.89 Å². The van der Waals surface area contributed by atoms with Crippen LogP contribution in [-0.4, -0.2) is 38.6 Å². The minimum Gasteiger partial charge on any atom is -0.466 e. The third kappa shape index (κ3) is 3.62. The van der Waals surface area contributed by atoms with Gasteiger partial charge in [-0.2, -0.15) is 0 Å². The first-order valence-electron chi connectivity index (χ1n) is 8.36. The van der Waals surface area contributed by atoms with Crippen LogP contribution in [0.1, 0.15) is 18.4 Å². The molecule has 0 saturated carbocycles. The summed E-state index contributed by atoms with van der Waals surface area (Å²) in [7, 11) is 3.99. The van der Waals surface area contributed by atoms with E-state index in [-0.39, 0.29) is 33.9 Å². The van der Waals surface area contributed by atoms with Crippen molar-refractivity contribution < 1.29 is 18.8 Å². The molecule has 0 bridgehead atoms. The zero-order chi connectivity index (χ0) is 21.5. The van der Waals surface area contributed by atoms with Crippen LogP contribution in [0.25, 0.3) is 5.69 Å². The number of carbonyl (C=O) groups excluding carboxylic acids is 1. The molecule has 1 aromatic carbocycles. The fourth-order valence-electron chi connectivity index (χ4n) is 2.88. The van der Waals surface area contributed by atoms with Crippen molar-refractivity contribution in [3.63, 3.8) is 0 Å². The zero-order valence-electron chi connectivity index (χ0n) is 15.6. The lowest BCUT2D eigenvalue weighted by molar-refractivity contribution is -0.155. The van der Waals surface area contributed by atoms with Crippen molar-refractivity contribution in [2.24, 2.45) is 19.3 Å². The SMILES string of the molecule is COC(=O)C1CCC(c2cc(-n3c(=O)n(C)c(=S)n(C)c3=O)c(F)cc2Cl)=NO1. The third-order valence-electron chi connectivity index (χ3n) is 4.52. The molecule has 154 valence electrons. The second-order valence-electron chi connectivity index (χ2n) is 6.28. The molecule has 0 fully saturated rings. The van der Waals surface area contributed by atoms with Crippen LogP contribution in [0.15, 0.2) is 26.9 Å². The smallest absolute Gasteiger partial charge is 0.349 e. The Labute approximate surface area is 173 Å². The summed E-state index contributed by atoms with van der Waals surface area (Å²) in [6, 6.07) is 2.22. The summed E-state index contributed by atoms with van der Waals surface area (Å²) in [5.41, 5.74) is -1.31. The Morgan fingerprint density at radius 2 is 1.93 bits per heavy atom. The number of ether oxygens (including phenoxy) is 1. The van der Waals surface area contributed by atoms with Crippen molar-refractivity contribution in [1.29, 1.82) is 0 Å². The van der Waals surface area contributed by atoms with Crippen LogP contribution in [0, 0.1) is 10.6 Å². The van der Waals surface area contributed by atoms with Gasteiger partial charge in [0.25, 0.3) is 0 Å². The molecule has 1 aromatic heterocycles. The summed E-state index contributed by atoms with van der Waals surface area (Å²) in [5.74, 6) is -1.44. The normalized spacial score (nSPS) is 16.2. The maximum absolute atomic E-state index is 14.7. The molecule has 0 N–H and O–H groups in total. The molecular formula is C17H16ClFN4O5S. The molecule has 0 aliphatic carbocycles. The van der Waals surface area contributed by atoms with E-state index in [0.29, 0.717) is 10.3 Å². The molecule has 0 radical (unpaired) electrons. The van der Waals surface area contributed by atoms with Gasteiger partial charge in [0.1, 0.15) is 5.82 Å². The highest BCUT2D eigenvalue weighted by molar-refractivity contribution is 7.71. The Morgan fingerprint density at radius 3 is 2.45 bits per heavy atom. The van der Waals surface area contributed by atoms with Crippen molar-refractivity contribution in [2.75, 3.05) is 7.11 Å². The van der Waals surface area contributed by atoms with E-state index in [1.165, 1.54) is 27.3 Å². The lowest BCUT2D eigenvalue weighted by Gasteiger charge is -2.20. The van der Waals surface area contributed by atoms with Crippen LogP contribution in [0.5, 0.6) is 0 Å². The van der Waals surface area contributed by atoms with Gasteiger partial charge in [-0.15, -0.1) is 0 Å². The van der Waals surface area contributed by atoms with E-state index in [9.17, 15) is 18.8 Å². The second kappa shape index (κ2) is 7.91. The van der Waals surface area contributed by atoms with Crippen LogP contribution in [0.4, 0.5) is 4.39 Å². The Morgan fingerprint density at radius 1 is 1.31 bits per heavy atom. The van der Waals surface area contributed by atoms with E-state index in [4.69, 9.17) is 28.7 Å². The van der Waals surface area contributed by atoms with Gasteiger partial charge < -0.3 is 9.57 Å². The maximum Gasteiger partial charge on any atom is 0.349 e. The van der Waals surface area contributed by atoms with Crippen molar-refractivity contribution >= 4 is 35.5 Å². The number of hydrogen-bond acceptors (Lipinski definition) is 7. The molecule has 9 nitrogen and oxygen atoms in total. The van der Waals surface area contributed by atoms with E-state index >= 15 is 0 Å². The summed E-state index contributed by atoms with van der Waals surface area (Å²) in [6.45, 7) is 0. The van der Waals surface area contributed by atoms with Gasteiger partial charge in [-0.3, -0.25) is 9.13 Å². The minimum absolute atomic E-state index is 0.00949. The van der Waals surface area contributed by atoms with E-state index in [1.54, 1.807) is 0 Å². The Hall–Kier alpha value is -2.79. The molecule has 3 rings (SSSR count). The summed E-state index contributed by atoms with van der Waals surface area (Å²) in [6.07, 6.45) is -0.289. The first-order valence-corrected chi connectivity index (χ1v) is 9.15. The molecule has 1 aliphatic rings. The summed E-state index contributed by atoms with van der Waals surface area (Å²) < 4.78 is 22.0. The van der Waals surface area contributed by atoms with Gasteiger partial charge in [-0.25, -0.2) is 23.3 Å². The second-order valence-corrected chi connectivity index (χ2v) is 7.05. The molecule has 1 aliphatic heterocycles. The number of nitrogens with zero attached hydrogens (tertiary/aromatic N) is 4. The molecule has 29 heavy (non-hydrogen) atoms. The monoisotopic (exact) mass is 442 g/mol. The lowest BCUT2D eigenvalue weighted by atomic mass is 10.0. The van der Waals surface area contributed by atoms with Gasteiger partial charge in [0.15, 0.2) is 4.77 Å². The maximum atomic E-state index is 14.7. The first kappa shape index (κ1) is 20.9. The van der Waals surface area contributed by atoms with Crippen LogP contribution in [-0.2, 0) is 28.5 Å². The van der Waals surface area contributed by atoms with Gasteiger partial charge >= 0.3 is 17.3 Å². The van der Waals surface area contributed by atoms with Gasteiger partial charge in [0, 0.05) is 26.1 Å². The Kier molecular flexibility index (Phi) is 5.71. The number of benzene rings is 1. The zero-order valence-corrected chi connectivity index (χ0v) is 17.2. The standard InChI is InChI=1S/C17H16ClFN4O5S/c1-21-15(25)23(16(26)22(2)17(21)29)12-6-8(9(18)7-10(12)19)11-4-5-13(28-20-11)14(24)27-3/h6-7,13H,4-5H2,1-3H3. The first-order chi connectivity index (χ1) is 13.7. The van der Waals surface area contributed by atoms with E-state index in [0.717, 1.165) is 15.2 Å². The number of halogens is 2. The van der Waals surface area contributed by atoms with Crippen molar-refractivity contribution in [3.8, 4) is 5.69 Å². The van der Waals surface area contributed by atoms with Crippen LogP contribution in [0.2, 0.25) is 5.02 Å². The van der Waals surface area contributed by atoms with E-state index < -0.39 is 29.3 Å². The molecule has 0 amide bonds. The molecule has 2 heterocycles. The number of oxime groups is 1. The van der Waals surface area contributed by atoms with Gasteiger partial charge in [-0.1, -0.05) is 16.8 Å². The number of aromatic nitrogens is 3.